The zero-order chi connectivity index (χ0) is 19.2. The molecule has 2 aromatic carbocycles. The predicted octanol–water partition coefficient (Wildman–Crippen LogP) is 3.44. The minimum atomic E-state index is 0.257. The highest BCUT2D eigenvalue weighted by Crippen LogP contribution is 2.23. The Balaban J connectivity index is 1.40. The standard InChI is InChI=1S/C23H31N3O/c1-18-7-9-21(10-8-18)17-24-12-11-23(27)26-15-13-25(14-16-26)22-6-4-5-19(2)20(22)3/h4-10,24H,11-17H2,1-3H3. The molecule has 2 aromatic rings. The first-order valence-corrected chi connectivity index (χ1v) is 9.90. The van der Waals surface area contributed by atoms with E-state index in [9.17, 15) is 4.79 Å². The maximum Gasteiger partial charge on any atom is 0.223 e. The minimum absolute atomic E-state index is 0.257. The lowest BCUT2D eigenvalue weighted by atomic mass is 10.1. The highest BCUT2D eigenvalue weighted by Gasteiger charge is 2.21. The van der Waals surface area contributed by atoms with E-state index >= 15 is 0 Å². The number of carbonyl (C=O) groups is 1. The number of rotatable bonds is 6. The fraction of sp³-hybridized carbons (Fsp3) is 0.435. The van der Waals surface area contributed by atoms with Gasteiger partial charge in [-0.15, -0.1) is 0 Å². The molecule has 0 bridgehead atoms. The van der Waals surface area contributed by atoms with E-state index in [1.807, 2.05) is 4.90 Å². The Morgan fingerprint density at radius 1 is 0.963 bits per heavy atom. The number of nitrogens with one attached hydrogen (secondary N) is 1. The number of anilines is 1. The third-order valence-electron chi connectivity index (χ3n) is 5.51. The van der Waals surface area contributed by atoms with Crippen molar-refractivity contribution >= 4 is 11.6 Å². The van der Waals surface area contributed by atoms with Gasteiger partial charge in [-0.05, 0) is 43.5 Å². The molecule has 0 atom stereocenters. The van der Waals surface area contributed by atoms with E-state index in [2.05, 4.69) is 73.5 Å². The number of benzene rings is 2. The zero-order valence-electron chi connectivity index (χ0n) is 16.8. The normalized spacial score (nSPS) is 14.5. The Hall–Kier alpha value is -2.33. The van der Waals surface area contributed by atoms with Gasteiger partial charge in [0.15, 0.2) is 0 Å². The molecule has 0 aromatic heterocycles. The lowest BCUT2D eigenvalue weighted by molar-refractivity contribution is -0.131. The summed E-state index contributed by atoms with van der Waals surface area (Å²) in [5.74, 6) is 0.257. The number of piperazine rings is 1. The smallest absolute Gasteiger partial charge is 0.223 e. The molecular formula is C23H31N3O. The molecule has 4 heteroatoms. The van der Waals surface area contributed by atoms with Crippen molar-refractivity contribution in [1.29, 1.82) is 0 Å². The van der Waals surface area contributed by atoms with Crippen LogP contribution in [-0.2, 0) is 11.3 Å². The van der Waals surface area contributed by atoms with Crippen LogP contribution in [-0.4, -0.2) is 43.5 Å². The summed E-state index contributed by atoms with van der Waals surface area (Å²) in [6.45, 7) is 11.4. The topological polar surface area (TPSA) is 35.6 Å². The number of nitrogens with zero attached hydrogens (tertiary/aromatic N) is 2. The summed E-state index contributed by atoms with van der Waals surface area (Å²) in [5.41, 5.74) is 6.51. The summed E-state index contributed by atoms with van der Waals surface area (Å²) in [7, 11) is 0. The van der Waals surface area contributed by atoms with Crippen LogP contribution in [0.4, 0.5) is 5.69 Å². The van der Waals surface area contributed by atoms with Crippen molar-refractivity contribution in [1.82, 2.24) is 10.2 Å². The molecule has 144 valence electrons. The minimum Gasteiger partial charge on any atom is -0.368 e. The Bertz CT molecular complexity index is 762. The van der Waals surface area contributed by atoms with Gasteiger partial charge in [-0.2, -0.15) is 0 Å². The fourth-order valence-electron chi connectivity index (χ4n) is 3.57. The molecule has 1 amide bonds. The third kappa shape index (κ3) is 5.10. The van der Waals surface area contributed by atoms with Crippen LogP contribution in [0, 0.1) is 20.8 Å². The molecular weight excluding hydrogens is 334 g/mol. The fourth-order valence-corrected chi connectivity index (χ4v) is 3.57. The first-order valence-electron chi connectivity index (χ1n) is 9.90. The summed E-state index contributed by atoms with van der Waals surface area (Å²) < 4.78 is 0. The highest BCUT2D eigenvalue weighted by molar-refractivity contribution is 5.76. The van der Waals surface area contributed by atoms with E-state index in [-0.39, 0.29) is 5.91 Å². The Morgan fingerprint density at radius 3 is 2.37 bits per heavy atom. The van der Waals surface area contributed by atoms with Gasteiger partial charge in [-0.3, -0.25) is 4.79 Å². The lowest BCUT2D eigenvalue weighted by Crippen LogP contribution is -2.49. The molecule has 3 rings (SSSR count). The average Bonchev–Trinajstić information content (AvgIpc) is 2.69. The molecule has 1 aliphatic heterocycles. The number of carbonyl (C=O) groups excluding carboxylic acids is 1. The lowest BCUT2D eigenvalue weighted by Gasteiger charge is -2.37. The van der Waals surface area contributed by atoms with Gasteiger partial charge in [0, 0.05) is 51.4 Å². The van der Waals surface area contributed by atoms with E-state index in [0.717, 1.165) is 39.3 Å². The molecule has 0 saturated carbocycles. The Labute approximate surface area is 163 Å². The second kappa shape index (κ2) is 9.05. The Kier molecular flexibility index (Phi) is 6.51. The first kappa shape index (κ1) is 19.4. The first-order chi connectivity index (χ1) is 13.0. The van der Waals surface area contributed by atoms with Crippen molar-refractivity contribution < 1.29 is 4.79 Å². The van der Waals surface area contributed by atoms with Gasteiger partial charge in [-0.25, -0.2) is 0 Å². The van der Waals surface area contributed by atoms with Gasteiger partial charge in [0.25, 0.3) is 0 Å². The number of amides is 1. The van der Waals surface area contributed by atoms with E-state index in [4.69, 9.17) is 0 Å². The number of hydrogen-bond acceptors (Lipinski definition) is 3. The number of hydrogen-bond donors (Lipinski definition) is 1. The van der Waals surface area contributed by atoms with Gasteiger partial charge < -0.3 is 15.1 Å². The summed E-state index contributed by atoms with van der Waals surface area (Å²) >= 11 is 0. The van der Waals surface area contributed by atoms with Crippen molar-refractivity contribution in [2.75, 3.05) is 37.6 Å². The van der Waals surface area contributed by atoms with Gasteiger partial charge in [-0.1, -0.05) is 42.0 Å². The quantitative estimate of drug-likeness (QED) is 0.797. The van der Waals surface area contributed by atoms with Gasteiger partial charge in [0.2, 0.25) is 5.91 Å². The van der Waals surface area contributed by atoms with Gasteiger partial charge >= 0.3 is 0 Å². The maximum absolute atomic E-state index is 12.5. The van der Waals surface area contributed by atoms with E-state index in [1.165, 1.54) is 27.9 Å². The summed E-state index contributed by atoms with van der Waals surface area (Å²) in [5, 5.41) is 3.38. The molecule has 1 fully saturated rings. The second-order valence-electron chi connectivity index (χ2n) is 7.50. The Morgan fingerprint density at radius 2 is 1.67 bits per heavy atom. The molecule has 27 heavy (non-hydrogen) atoms. The van der Waals surface area contributed by atoms with Crippen molar-refractivity contribution in [2.45, 2.75) is 33.7 Å². The summed E-state index contributed by atoms with van der Waals surface area (Å²) in [6.07, 6.45) is 0.565. The van der Waals surface area contributed by atoms with Gasteiger partial charge in [0.1, 0.15) is 0 Å². The second-order valence-corrected chi connectivity index (χ2v) is 7.50. The van der Waals surface area contributed by atoms with Crippen molar-refractivity contribution in [3.63, 3.8) is 0 Å². The average molecular weight is 366 g/mol. The van der Waals surface area contributed by atoms with E-state index in [1.54, 1.807) is 0 Å². The molecule has 4 nitrogen and oxygen atoms in total. The molecule has 0 radical (unpaired) electrons. The number of aryl methyl sites for hydroxylation is 2. The summed E-state index contributed by atoms with van der Waals surface area (Å²) in [4.78, 5) is 16.9. The molecule has 0 aliphatic carbocycles. The molecule has 1 saturated heterocycles. The highest BCUT2D eigenvalue weighted by atomic mass is 16.2. The van der Waals surface area contributed by atoms with Crippen LogP contribution in [0.15, 0.2) is 42.5 Å². The van der Waals surface area contributed by atoms with Crippen LogP contribution in [0.3, 0.4) is 0 Å². The maximum atomic E-state index is 12.5. The van der Waals surface area contributed by atoms with Crippen LogP contribution in [0.2, 0.25) is 0 Å². The van der Waals surface area contributed by atoms with Gasteiger partial charge in [0.05, 0.1) is 0 Å². The molecule has 1 aliphatic rings. The molecule has 1 N–H and O–H groups in total. The van der Waals surface area contributed by atoms with Crippen LogP contribution in [0.1, 0.15) is 28.7 Å². The van der Waals surface area contributed by atoms with Crippen molar-refractivity contribution in [3.8, 4) is 0 Å². The SMILES string of the molecule is Cc1ccc(CNCCC(=O)N2CCN(c3cccc(C)c3C)CC2)cc1. The van der Waals surface area contributed by atoms with Crippen LogP contribution in [0.25, 0.3) is 0 Å². The van der Waals surface area contributed by atoms with E-state index in [0.29, 0.717) is 6.42 Å². The van der Waals surface area contributed by atoms with E-state index < -0.39 is 0 Å². The monoisotopic (exact) mass is 365 g/mol. The molecule has 1 heterocycles. The van der Waals surface area contributed by atoms with Crippen molar-refractivity contribution in [3.05, 3.63) is 64.7 Å². The molecule has 0 unspecified atom stereocenters. The zero-order valence-corrected chi connectivity index (χ0v) is 16.8. The van der Waals surface area contributed by atoms with Crippen LogP contribution >= 0.6 is 0 Å². The van der Waals surface area contributed by atoms with Crippen LogP contribution in [0.5, 0.6) is 0 Å². The molecule has 0 spiro atoms. The third-order valence-corrected chi connectivity index (χ3v) is 5.51. The van der Waals surface area contributed by atoms with Crippen molar-refractivity contribution in [2.24, 2.45) is 0 Å². The van der Waals surface area contributed by atoms with Crippen LogP contribution < -0.4 is 10.2 Å². The predicted molar refractivity (Wildman–Crippen MR) is 112 cm³/mol. The largest absolute Gasteiger partial charge is 0.368 e. The summed E-state index contributed by atoms with van der Waals surface area (Å²) in [6, 6.07) is 15.0.